The van der Waals surface area contributed by atoms with Crippen molar-refractivity contribution in [3.63, 3.8) is 0 Å². The Bertz CT molecular complexity index is 820. The molecule has 128 valence electrons. The molecule has 0 aliphatic heterocycles. The molecule has 1 N–H and O–H groups in total. The predicted octanol–water partition coefficient (Wildman–Crippen LogP) is 3.88. The monoisotopic (exact) mass is 336 g/mol. The smallest absolute Gasteiger partial charge is 0.363 e. The van der Waals surface area contributed by atoms with Gasteiger partial charge in [0.1, 0.15) is 0 Å². The first kappa shape index (κ1) is 16.7. The zero-order valence-electron chi connectivity index (χ0n) is 14.2. The molecule has 0 amide bonds. The second-order valence-electron chi connectivity index (χ2n) is 5.90. The van der Waals surface area contributed by atoms with Gasteiger partial charge in [0.25, 0.3) is 0 Å². The van der Waals surface area contributed by atoms with Crippen molar-refractivity contribution in [1.82, 2.24) is 9.55 Å². The summed E-state index contributed by atoms with van der Waals surface area (Å²) in [5, 5.41) is 14.5. The Morgan fingerprint density at radius 3 is 2.08 bits per heavy atom. The molecule has 0 aliphatic carbocycles. The summed E-state index contributed by atoms with van der Waals surface area (Å²) >= 11 is 0. The maximum Gasteiger partial charge on any atom is 0.406 e. The lowest BCUT2D eigenvalue weighted by Crippen LogP contribution is -2.16. The predicted molar refractivity (Wildman–Crippen MR) is 97.8 cm³/mol. The summed E-state index contributed by atoms with van der Waals surface area (Å²) in [7, 11) is 1.78. The van der Waals surface area contributed by atoms with E-state index in [-0.39, 0.29) is 11.7 Å². The number of aromatic nitrogens is 2. The average molecular weight is 336 g/mol. The zero-order chi connectivity index (χ0) is 17.8. The lowest BCUT2D eigenvalue weighted by Gasteiger charge is -2.19. The summed E-state index contributed by atoms with van der Waals surface area (Å²) in [5.41, 5.74) is 2.31. The van der Waals surface area contributed by atoms with E-state index < -0.39 is 4.92 Å². The minimum atomic E-state index is -0.449. The third-order valence-electron chi connectivity index (χ3n) is 4.35. The maximum absolute atomic E-state index is 11.3. The fourth-order valence-electron chi connectivity index (χ4n) is 2.92. The highest BCUT2D eigenvalue weighted by molar-refractivity contribution is 5.54. The molecule has 0 spiro atoms. The van der Waals surface area contributed by atoms with Crippen LogP contribution in [0.3, 0.4) is 0 Å². The number of hydrogen-bond acceptors (Lipinski definition) is 4. The van der Waals surface area contributed by atoms with Crippen LogP contribution < -0.4 is 5.32 Å². The van der Waals surface area contributed by atoms with Crippen LogP contribution in [0.15, 0.2) is 60.7 Å². The summed E-state index contributed by atoms with van der Waals surface area (Å²) in [5.74, 6) is 0.974. The fraction of sp³-hybridized carbons (Fsp3) is 0.211. The lowest BCUT2D eigenvalue weighted by atomic mass is 9.91. The topological polar surface area (TPSA) is 73.0 Å². The standard InChI is InChI=1S/C19H20N4O2/c1-14-21-19(23(24)25)18(22(14)2)20-13-17(15-9-5-3-6-10-15)16-11-7-4-8-12-16/h3-12,17,20H,13H2,1-2H3. The summed E-state index contributed by atoms with van der Waals surface area (Å²) in [6, 6.07) is 20.3. The highest BCUT2D eigenvalue weighted by Crippen LogP contribution is 2.28. The Labute approximate surface area is 146 Å². The third-order valence-corrected chi connectivity index (χ3v) is 4.35. The number of anilines is 1. The van der Waals surface area contributed by atoms with Crippen LogP contribution >= 0.6 is 0 Å². The van der Waals surface area contributed by atoms with Crippen LogP contribution in [0.1, 0.15) is 22.9 Å². The fourth-order valence-corrected chi connectivity index (χ4v) is 2.92. The molecule has 25 heavy (non-hydrogen) atoms. The molecule has 3 rings (SSSR count). The number of benzene rings is 2. The first-order valence-electron chi connectivity index (χ1n) is 8.09. The molecule has 1 heterocycles. The van der Waals surface area contributed by atoms with E-state index in [1.165, 1.54) is 0 Å². The SMILES string of the molecule is Cc1nc([N+](=O)[O-])c(NCC(c2ccccc2)c2ccccc2)n1C. The number of nitrogens with zero attached hydrogens (tertiary/aromatic N) is 3. The van der Waals surface area contributed by atoms with E-state index in [9.17, 15) is 10.1 Å². The van der Waals surface area contributed by atoms with Crippen molar-refractivity contribution in [1.29, 1.82) is 0 Å². The molecule has 0 saturated carbocycles. The van der Waals surface area contributed by atoms with Gasteiger partial charge in [0.2, 0.25) is 11.6 Å². The molecule has 0 aliphatic rings. The van der Waals surface area contributed by atoms with Gasteiger partial charge in [-0.05, 0) is 21.0 Å². The van der Waals surface area contributed by atoms with Crippen LogP contribution in [0.2, 0.25) is 0 Å². The van der Waals surface area contributed by atoms with Crippen molar-refractivity contribution in [2.24, 2.45) is 7.05 Å². The molecule has 0 bridgehead atoms. The van der Waals surface area contributed by atoms with Gasteiger partial charge in [0, 0.05) is 26.4 Å². The Kier molecular flexibility index (Phi) is 4.79. The van der Waals surface area contributed by atoms with Crippen LogP contribution in [0, 0.1) is 17.0 Å². The van der Waals surface area contributed by atoms with Gasteiger partial charge in [-0.3, -0.25) is 4.57 Å². The first-order chi connectivity index (χ1) is 12.1. The minimum absolute atomic E-state index is 0.0808. The van der Waals surface area contributed by atoms with E-state index >= 15 is 0 Å². The molecule has 1 aromatic heterocycles. The first-order valence-corrected chi connectivity index (χ1v) is 8.09. The zero-order valence-corrected chi connectivity index (χ0v) is 14.2. The molecule has 6 nitrogen and oxygen atoms in total. The summed E-state index contributed by atoms with van der Waals surface area (Å²) in [6.45, 7) is 2.29. The molecule has 0 fully saturated rings. The van der Waals surface area contributed by atoms with Crippen molar-refractivity contribution < 1.29 is 4.92 Å². The molecular weight excluding hydrogens is 316 g/mol. The highest BCUT2D eigenvalue weighted by atomic mass is 16.6. The van der Waals surface area contributed by atoms with Crippen molar-refractivity contribution in [3.05, 3.63) is 87.7 Å². The van der Waals surface area contributed by atoms with Gasteiger partial charge in [-0.15, -0.1) is 0 Å². The molecule has 0 saturated heterocycles. The highest BCUT2D eigenvalue weighted by Gasteiger charge is 2.24. The number of nitrogens with one attached hydrogen (secondary N) is 1. The Morgan fingerprint density at radius 2 is 1.60 bits per heavy atom. The van der Waals surface area contributed by atoms with Crippen LogP contribution in [-0.4, -0.2) is 21.0 Å². The van der Waals surface area contributed by atoms with Crippen molar-refractivity contribution in [3.8, 4) is 0 Å². The van der Waals surface area contributed by atoms with Crippen molar-refractivity contribution in [2.75, 3.05) is 11.9 Å². The van der Waals surface area contributed by atoms with E-state index in [4.69, 9.17) is 0 Å². The van der Waals surface area contributed by atoms with Gasteiger partial charge in [0.15, 0.2) is 0 Å². The van der Waals surface area contributed by atoms with Crippen LogP contribution in [-0.2, 0) is 7.05 Å². The van der Waals surface area contributed by atoms with Gasteiger partial charge in [0.05, 0.1) is 0 Å². The number of nitro groups is 1. The normalized spacial score (nSPS) is 10.8. The van der Waals surface area contributed by atoms with Crippen LogP contribution in [0.5, 0.6) is 0 Å². The van der Waals surface area contributed by atoms with Crippen LogP contribution in [0.4, 0.5) is 11.6 Å². The number of hydrogen-bond donors (Lipinski definition) is 1. The number of rotatable bonds is 6. The van der Waals surface area contributed by atoms with Gasteiger partial charge in [-0.1, -0.05) is 60.7 Å². The molecule has 0 unspecified atom stereocenters. The maximum atomic E-state index is 11.3. The van der Waals surface area contributed by atoms with Gasteiger partial charge < -0.3 is 15.4 Å². The molecule has 3 aromatic rings. The Morgan fingerprint density at radius 1 is 1.08 bits per heavy atom. The van der Waals surface area contributed by atoms with E-state index in [1.807, 2.05) is 36.4 Å². The second kappa shape index (κ2) is 7.17. The van der Waals surface area contributed by atoms with E-state index in [0.29, 0.717) is 18.2 Å². The Balaban J connectivity index is 1.92. The summed E-state index contributed by atoms with van der Waals surface area (Å²) in [6.07, 6.45) is 0. The molecular formula is C19H20N4O2. The summed E-state index contributed by atoms with van der Waals surface area (Å²) in [4.78, 5) is 14.8. The quantitative estimate of drug-likeness (QED) is 0.547. The van der Waals surface area contributed by atoms with Crippen molar-refractivity contribution in [2.45, 2.75) is 12.8 Å². The van der Waals surface area contributed by atoms with Crippen molar-refractivity contribution >= 4 is 11.6 Å². The average Bonchev–Trinajstić information content (AvgIpc) is 2.92. The minimum Gasteiger partial charge on any atom is -0.363 e. The molecule has 2 aromatic carbocycles. The second-order valence-corrected chi connectivity index (χ2v) is 5.90. The Hall–Kier alpha value is -3.15. The number of imidazole rings is 1. The third kappa shape index (κ3) is 3.52. The van der Waals surface area contributed by atoms with E-state index in [2.05, 4.69) is 34.6 Å². The van der Waals surface area contributed by atoms with Gasteiger partial charge >= 0.3 is 5.82 Å². The largest absolute Gasteiger partial charge is 0.406 e. The summed E-state index contributed by atoms with van der Waals surface area (Å²) < 4.78 is 1.71. The van der Waals surface area contributed by atoms with Gasteiger partial charge in [-0.2, -0.15) is 0 Å². The molecule has 0 atom stereocenters. The lowest BCUT2D eigenvalue weighted by molar-refractivity contribution is -0.388. The number of aryl methyl sites for hydroxylation is 1. The van der Waals surface area contributed by atoms with E-state index in [0.717, 1.165) is 11.1 Å². The van der Waals surface area contributed by atoms with E-state index in [1.54, 1.807) is 18.5 Å². The molecule has 6 heteroatoms. The van der Waals surface area contributed by atoms with Gasteiger partial charge in [-0.25, -0.2) is 0 Å². The van der Waals surface area contributed by atoms with Crippen LogP contribution in [0.25, 0.3) is 0 Å². The molecule has 0 radical (unpaired) electrons.